The molecule has 8 heteroatoms. The molecule has 3 rings (SSSR count). The number of rotatable bonds is 3. The second-order valence-electron chi connectivity index (χ2n) is 4.30. The smallest absolute Gasteiger partial charge is 0.243 e. The van der Waals surface area contributed by atoms with Crippen LogP contribution in [0.25, 0.3) is 10.9 Å². The summed E-state index contributed by atoms with van der Waals surface area (Å²) in [5.74, 6) is 0.565. The van der Waals surface area contributed by atoms with Crippen molar-refractivity contribution >= 4 is 33.3 Å². The quantitative estimate of drug-likeness (QED) is 0.792. The number of aromatic nitrogens is 2. The monoisotopic (exact) mass is 337 g/mol. The van der Waals surface area contributed by atoms with E-state index in [1.165, 1.54) is 12.3 Å². The van der Waals surface area contributed by atoms with Crippen molar-refractivity contribution in [3.63, 3.8) is 0 Å². The van der Waals surface area contributed by atoms with E-state index in [2.05, 4.69) is 9.97 Å². The van der Waals surface area contributed by atoms with Crippen molar-refractivity contribution < 1.29 is 13.2 Å². The second-order valence-corrected chi connectivity index (χ2v) is 5.83. The third kappa shape index (κ3) is 3.16. The van der Waals surface area contributed by atoms with E-state index in [-0.39, 0.29) is 23.1 Å². The number of nitrogens with two attached hydrogens (primary N) is 1. The van der Waals surface area contributed by atoms with Crippen LogP contribution in [-0.2, 0) is 10.0 Å². The van der Waals surface area contributed by atoms with E-state index in [0.29, 0.717) is 11.3 Å². The Hall–Kier alpha value is -2.22. The molecule has 0 amide bonds. The second kappa shape index (κ2) is 6.27. The molecule has 2 N–H and O–H groups in total. The van der Waals surface area contributed by atoms with Crippen LogP contribution in [0.2, 0.25) is 0 Å². The minimum absolute atomic E-state index is 0. The Balaban J connectivity index is 0.00000176. The summed E-state index contributed by atoms with van der Waals surface area (Å²) < 4.78 is 28.8. The SMILES string of the molecule is Cl.NS(=O)(=O)c1cnccc1Oc1cccc2cccnc12. The van der Waals surface area contributed by atoms with Crippen molar-refractivity contribution in [2.75, 3.05) is 0 Å². The number of hydrogen-bond donors (Lipinski definition) is 1. The van der Waals surface area contributed by atoms with E-state index in [0.717, 1.165) is 11.6 Å². The predicted molar refractivity (Wildman–Crippen MR) is 84.7 cm³/mol. The van der Waals surface area contributed by atoms with Gasteiger partial charge in [0.1, 0.15) is 10.4 Å². The van der Waals surface area contributed by atoms with E-state index < -0.39 is 10.0 Å². The Bertz CT molecular complexity index is 911. The highest BCUT2D eigenvalue weighted by molar-refractivity contribution is 7.89. The highest BCUT2D eigenvalue weighted by Gasteiger charge is 2.16. The lowest BCUT2D eigenvalue weighted by Crippen LogP contribution is -2.13. The molecule has 0 fully saturated rings. The van der Waals surface area contributed by atoms with Gasteiger partial charge in [-0.1, -0.05) is 18.2 Å². The molecule has 3 aromatic rings. The van der Waals surface area contributed by atoms with Crippen molar-refractivity contribution in [3.8, 4) is 11.5 Å². The van der Waals surface area contributed by atoms with Gasteiger partial charge in [0.05, 0.1) is 6.20 Å². The zero-order valence-electron chi connectivity index (χ0n) is 11.2. The summed E-state index contributed by atoms with van der Waals surface area (Å²) in [6.07, 6.45) is 4.23. The Morgan fingerprint density at radius 3 is 2.55 bits per heavy atom. The van der Waals surface area contributed by atoms with Crippen LogP contribution in [0.5, 0.6) is 11.5 Å². The molecule has 0 bridgehead atoms. The molecule has 1 aromatic carbocycles. The Morgan fingerprint density at radius 1 is 1.00 bits per heavy atom. The molecule has 0 radical (unpaired) electrons. The maximum absolute atomic E-state index is 11.5. The molecule has 2 aromatic heterocycles. The number of nitrogens with zero attached hydrogens (tertiary/aromatic N) is 2. The summed E-state index contributed by atoms with van der Waals surface area (Å²) in [6, 6.07) is 10.6. The van der Waals surface area contributed by atoms with E-state index in [9.17, 15) is 8.42 Å². The molecule has 0 unspecified atom stereocenters. The maximum Gasteiger partial charge on any atom is 0.243 e. The van der Waals surface area contributed by atoms with Gasteiger partial charge in [0.25, 0.3) is 0 Å². The lowest BCUT2D eigenvalue weighted by atomic mass is 10.2. The van der Waals surface area contributed by atoms with E-state index >= 15 is 0 Å². The first-order valence-corrected chi connectivity index (χ1v) is 7.59. The van der Waals surface area contributed by atoms with Gasteiger partial charge in [-0.3, -0.25) is 9.97 Å². The minimum Gasteiger partial charge on any atom is -0.454 e. The Morgan fingerprint density at radius 2 is 1.77 bits per heavy atom. The van der Waals surface area contributed by atoms with Gasteiger partial charge in [-0.25, -0.2) is 13.6 Å². The number of para-hydroxylation sites is 1. The number of hydrogen-bond acceptors (Lipinski definition) is 5. The largest absolute Gasteiger partial charge is 0.454 e. The van der Waals surface area contributed by atoms with Crippen molar-refractivity contribution in [2.45, 2.75) is 4.90 Å². The number of pyridine rings is 2. The highest BCUT2D eigenvalue weighted by Crippen LogP contribution is 2.31. The first kappa shape index (κ1) is 16.2. The molecule has 0 saturated heterocycles. The van der Waals surface area contributed by atoms with Crippen LogP contribution >= 0.6 is 12.4 Å². The Kier molecular flexibility index (Phi) is 4.60. The van der Waals surface area contributed by atoms with E-state index in [1.807, 2.05) is 18.2 Å². The highest BCUT2D eigenvalue weighted by atomic mass is 35.5. The standard InChI is InChI=1S/C14H11N3O3S.ClH/c15-21(18,19)13-9-16-8-6-11(13)20-12-5-1-3-10-4-2-7-17-14(10)12;/h1-9H,(H2,15,18,19);1H. The fourth-order valence-electron chi connectivity index (χ4n) is 1.94. The fraction of sp³-hybridized carbons (Fsp3) is 0. The number of halogens is 1. The van der Waals surface area contributed by atoms with Gasteiger partial charge in [0.15, 0.2) is 11.5 Å². The normalized spacial score (nSPS) is 11.0. The fourth-order valence-corrected chi connectivity index (χ4v) is 2.54. The summed E-state index contributed by atoms with van der Waals surface area (Å²) in [4.78, 5) is 7.84. The third-order valence-corrected chi connectivity index (χ3v) is 3.79. The first-order chi connectivity index (χ1) is 10.1. The molecule has 0 aliphatic rings. The molecule has 0 aliphatic heterocycles. The zero-order chi connectivity index (χ0) is 14.9. The summed E-state index contributed by atoms with van der Waals surface area (Å²) >= 11 is 0. The molecule has 0 aliphatic carbocycles. The van der Waals surface area contributed by atoms with Crippen LogP contribution in [0.1, 0.15) is 0 Å². The van der Waals surface area contributed by atoms with Gasteiger partial charge in [0, 0.05) is 23.8 Å². The number of fused-ring (bicyclic) bond motifs is 1. The van der Waals surface area contributed by atoms with Crippen LogP contribution < -0.4 is 9.88 Å². The van der Waals surface area contributed by atoms with Crippen molar-refractivity contribution in [2.24, 2.45) is 5.14 Å². The molecule has 6 nitrogen and oxygen atoms in total. The van der Waals surface area contributed by atoms with Gasteiger partial charge in [-0.2, -0.15) is 0 Å². The van der Waals surface area contributed by atoms with E-state index in [4.69, 9.17) is 9.88 Å². The number of benzene rings is 1. The van der Waals surface area contributed by atoms with Crippen molar-refractivity contribution in [1.29, 1.82) is 0 Å². The van der Waals surface area contributed by atoms with Crippen LogP contribution in [0.4, 0.5) is 0 Å². The van der Waals surface area contributed by atoms with Gasteiger partial charge < -0.3 is 4.74 Å². The molecule has 0 spiro atoms. The zero-order valence-corrected chi connectivity index (χ0v) is 12.8. The molecule has 2 heterocycles. The summed E-state index contributed by atoms with van der Waals surface area (Å²) in [5.41, 5.74) is 0.636. The number of ether oxygens (including phenoxy) is 1. The average Bonchev–Trinajstić information content (AvgIpc) is 2.47. The topological polar surface area (TPSA) is 95.2 Å². The van der Waals surface area contributed by atoms with Gasteiger partial charge in [-0.15, -0.1) is 12.4 Å². The van der Waals surface area contributed by atoms with Crippen LogP contribution in [0.3, 0.4) is 0 Å². The van der Waals surface area contributed by atoms with Gasteiger partial charge >= 0.3 is 0 Å². The molecular formula is C14H12ClN3O3S. The predicted octanol–water partition coefficient (Wildman–Crippen LogP) is 2.49. The summed E-state index contributed by atoms with van der Waals surface area (Å²) in [7, 11) is -3.91. The molecule has 0 atom stereocenters. The van der Waals surface area contributed by atoms with Crippen LogP contribution in [-0.4, -0.2) is 18.4 Å². The van der Waals surface area contributed by atoms with E-state index in [1.54, 1.807) is 18.3 Å². The lowest BCUT2D eigenvalue weighted by molar-refractivity contribution is 0.470. The van der Waals surface area contributed by atoms with Gasteiger partial charge in [-0.05, 0) is 12.1 Å². The van der Waals surface area contributed by atoms with Crippen molar-refractivity contribution in [3.05, 3.63) is 55.0 Å². The summed E-state index contributed by atoms with van der Waals surface area (Å²) in [6.45, 7) is 0. The maximum atomic E-state index is 11.5. The number of primary sulfonamides is 1. The molecule has 114 valence electrons. The number of sulfonamides is 1. The third-order valence-electron chi connectivity index (χ3n) is 2.87. The molecule has 0 saturated carbocycles. The van der Waals surface area contributed by atoms with Gasteiger partial charge in [0.2, 0.25) is 10.0 Å². The molecular weight excluding hydrogens is 326 g/mol. The Labute approximate surface area is 133 Å². The molecule has 22 heavy (non-hydrogen) atoms. The average molecular weight is 338 g/mol. The minimum atomic E-state index is -3.91. The first-order valence-electron chi connectivity index (χ1n) is 6.04. The van der Waals surface area contributed by atoms with Crippen LogP contribution in [0, 0.1) is 0 Å². The van der Waals surface area contributed by atoms with Crippen LogP contribution in [0.15, 0.2) is 59.9 Å². The van der Waals surface area contributed by atoms with Crippen molar-refractivity contribution in [1.82, 2.24) is 9.97 Å². The lowest BCUT2D eigenvalue weighted by Gasteiger charge is -2.10. The summed E-state index contributed by atoms with van der Waals surface area (Å²) in [5, 5.41) is 6.05.